The molecule has 0 unspecified atom stereocenters. The second-order valence-electron chi connectivity index (χ2n) is 11.5. The van der Waals surface area contributed by atoms with Gasteiger partial charge < -0.3 is 42.6 Å². The van der Waals surface area contributed by atoms with Crippen molar-refractivity contribution in [3.05, 3.63) is 29.8 Å². The van der Waals surface area contributed by atoms with Crippen LogP contribution in [0.25, 0.3) is 0 Å². The molecular formula is C32H58O9. The van der Waals surface area contributed by atoms with Crippen LogP contribution in [0.4, 0.5) is 0 Å². The molecule has 0 saturated heterocycles. The fraction of sp³-hybridized carbons (Fsp3) is 0.812. The Morgan fingerprint density at radius 1 is 0.439 bits per heavy atom. The lowest BCUT2D eigenvalue weighted by Gasteiger charge is -2.33. The molecular weight excluding hydrogens is 528 g/mol. The molecule has 1 aromatic rings. The van der Waals surface area contributed by atoms with Crippen LogP contribution in [0.3, 0.4) is 0 Å². The van der Waals surface area contributed by atoms with Crippen molar-refractivity contribution < 1.29 is 42.6 Å². The first-order chi connectivity index (χ1) is 19.7. The quantitative estimate of drug-likeness (QED) is 0.127. The molecule has 0 aliphatic carbocycles. The van der Waals surface area contributed by atoms with Crippen LogP contribution in [0.2, 0.25) is 0 Å². The molecule has 0 saturated carbocycles. The van der Waals surface area contributed by atoms with Crippen molar-refractivity contribution >= 4 is 0 Å². The van der Waals surface area contributed by atoms with Crippen LogP contribution in [0.15, 0.2) is 24.3 Å². The summed E-state index contributed by atoms with van der Waals surface area (Å²) in [6, 6.07) is 8.43. The zero-order chi connectivity index (χ0) is 30.1. The molecule has 0 amide bonds. The van der Waals surface area contributed by atoms with Crippen molar-refractivity contribution in [2.24, 2.45) is 5.41 Å². The van der Waals surface area contributed by atoms with E-state index in [1.807, 2.05) is 19.1 Å². The van der Waals surface area contributed by atoms with E-state index in [-0.39, 0.29) is 10.8 Å². The molecule has 0 spiro atoms. The molecule has 0 atom stereocenters. The van der Waals surface area contributed by atoms with Gasteiger partial charge in [-0.25, -0.2) is 0 Å². The molecule has 240 valence electrons. The summed E-state index contributed by atoms with van der Waals surface area (Å²) >= 11 is 0. The van der Waals surface area contributed by atoms with Crippen LogP contribution in [-0.2, 0) is 43.3 Å². The van der Waals surface area contributed by atoms with Crippen molar-refractivity contribution in [1.29, 1.82) is 0 Å². The number of rotatable bonds is 28. The van der Waals surface area contributed by atoms with Crippen LogP contribution in [0.5, 0.6) is 5.75 Å². The van der Waals surface area contributed by atoms with Gasteiger partial charge in [-0.3, -0.25) is 0 Å². The maximum absolute atomic E-state index is 5.81. The van der Waals surface area contributed by atoms with Gasteiger partial charge >= 0.3 is 0 Å². The Balaban J connectivity index is 1.81. The maximum atomic E-state index is 5.81. The molecule has 9 nitrogen and oxygen atoms in total. The molecule has 0 aliphatic heterocycles. The van der Waals surface area contributed by atoms with Gasteiger partial charge in [0.05, 0.1) is 99.1 Å². The van der Waals surface area contributed by atoms with E-state index in [1.54, 1.807) is 0 Å². The van der Waals surface area contributed by atoms with Gasteiger partial charge in [-0.2, -0.15) is 0 Å². The van der Waals surface area contributed by atoms with Crippen LogP contribution >= 0.6 is 0 Å². The van der Waals surface area contributed by atoms with E-state index in [2.05, 4.69) is 46.8 Å². The van der Waals surface area contributed by atoms with Gasteiger partial charge in [0.25, 0.3) is 0 Å². The van der Waals surface area contributed by atoms with Crippen LogP contribution in [0, 0.1) is 5.41 Å². The molecule has 0 radical (unpaired) electrons. The minimum absolute atomic E-state index is 0.130. The summed E-state index contributed by atoms with van der Waals surface area (Å²) in [5.41, 5.74) is 1.75. The predicted octanol–water partition coefficient (Wildman–Crippen LogP) is 4.93. The second-order valence-corrected chi connectivity index (χ2v) is 11.5. The van der Waals surface area contributed by atoms with E-state index in [9.17, 15) is 0 Å². The van der Waals surface area contributed by atoms with Gasteiger partial charge in [0, 0.05) is 6.61 Å². The van der Waals surface area contributed by atoms with Gasteiger partial charge in [0.1, 0.15) is 12.4 Å². The largest absolute Gasteiger partial charge is 0.491 e. The monoisotopic (exact) mass is 586 g/mol. The molecule has 0 aliphatic rings. The molecule has 9 heteroatoms. The summed E-state index contributed by atoms with van der Waals surface area (Å²) in [6.45, 7) is 22.8. The van der Waals surface area contributed by atoms with E-state index in [4.69, 9.17) is 42.6 Å². The first-order valence-corrected chi connectivity index (χ1v) is 15.1. The van der Waals surface area contributed by atoms with Crippen molar-refractivity contribution in [2.45, 2.75) is 53.4 Å². The number of ether oxygens (including phenoxy) is 9. The zero-order valence-corrected chi connectivity index (χ0v) is 26.7. The predicted molar refractivity (Wildman–Crippen MR) is 161 cm³/mol. The third-order valence-electron chi connectivity index (χ3n) is 5.91. The average Bonchev–Trinajstić information content (AvgIpc) is 2.92. The highest BCUT2D eigenvalue weighted by Gasteiger charge is 2.27. The van der Waals surface area contributed by atoms with Crippen LogP contribution in [0.1, 0.15) is 53.5 Å². The molecule has 1 aromatic carbocycles. The third kappa shape index (κ3) is 22.9. The van der Waals surface area contributed by atoms with E-state index < -0.39 is 0 Å². The topological polar surface area (TPSA) is 83.1 Å². The number of benzene rings is 1. The lowest BCUT2D eigenvalue weighted by atomic mass is 9.72. The van der Waals surface area contributed by atoms with Crippen molar-refractivity contribution in [1.82, 2.24) is 0 Å². The lowest BCUT2D eigenvalue weighted by molar-refractivity contribution is -0.0233. The summed E-state index contributed by atoms with van der Waals surface area (Å²) in [5.74, 6) is 0.866. The van der Waals surface area contributed by atoms with E-state index in [1.165, 1.54) is 5.56 Å². The Kier molecular flexibility index (Phi) is 22.2. The molecule has 1 rings (SSSR count). The maximum Gasteiger partial charge on any atom is 0.119 e. The van der Waals surface area contributed by atoms with Crippen molar-refractivity contribution in [3.8, 4) is 5.75 Å². The summed E-state index contributed by atoms with van der Waals surface area (Å²) in [5, 5.41) is 0. The Bertz CT molecular complexity index is 704. The molecule has 41 heavy (non-hydrogen) atoms. The Morgan fingerprint density at radius 3 is 1.07 bits per heavy atom. The molecule has 0 fully saturated rings. The minimum Gasteiger partial charge on any atom is -0.491 e. The lowest BCUT2D eigenvalue weighted by Crippen LogP contribution is -2.24. The number of hydrogen-bond acceptors (Lipinski definition) is 9. The molecule has 0 aromatic heterocycles. The first kappa shape index (κ1) is 37.7. The van der Waals surface area contributed by atoms with E-state index in [0.717, 1.165) is 12.2 Å². The number of hydrogen-bond donors (Lipinski definition) is 0. The molecule has 0 bridgehead atoms. The fourth-order valence-electron chi connectivity index (χ4n) is 4.33. The summed E-state index contributed by atoms with van der Waals surface area (Å²) < 4.78 is 49.3. The zero-order valence-electron chi connectivity index (χ0n) is 26.7. The Hall–Kier alpha value is -1.30. The Labute approximate surface area is 249 Å². The summed E-state index contributed by atoms with van der Waals surface area (Å²) in [7, 11) is 0. The van der Waals surface area contributed by atoms with Crippen molar-refractivity contribution in [3.63, 3.8) is 0 Å². The van der Waals surface area contributed by atoms with Gasteiger partial charge in [-0.05, 0) is 41.9 Å². The van der Waals surface area contributed by atoms with E-state index in [0.29, 0.717) is 112 Å². The van der Waals surface area contributed by atoms with Gasteiger partial charge in [-0.15, -0.1) is 0 Å². The highest BCUT2D eigenvalue weighted by molar-refractivity contribution is 5.31. The van der Waals surface area contributed by atoms with E-state index >= 15 is 0 Å². The van der Waals surface area contributed by atoms with Gasteiger partial charge in [0.2, 0.25) is 0 Å². The van der Waals surface area contributed by atoms with Crippen LogP contribution in [-0.4, -0.2) is 112 Å². The molecule has 0 heterocycles. The Morgan fingerprint density at radius 2 is 0.756 bits per heavy atom. The summed E-state index contributed by atoms with van der Waals surface area (Å²) in [6.07, 6.45) is 1.12. The standard InChI is InChI=1S/C32H58O9/c1-7-33-12-13-34-14-15-35-16-17-36-18-19-37-20-21-38-22-23-39-24-25-40-26-27-41-30-10-8-29(9-11-30)32(5,6)28-31(2,3)4/h8-11H,7,12-28H2,1-6H3. The smallest absolute Gasteiger partial charge is 0.119 e. The van der Waals surface area contributed by atoms with Crippen molar-refractivity contribution in [2.75, 3.05) is 112 Å². The minimum atomic E-state index is 0.130. The average molecular weight is 587 g/mol. The second kappa shape index (κ2) is 24.2. The molecule has 0 N–H and O–H groups in total. The fourth-order valence-corrected chi connectivity index (χ4v) is 4.33. The highest BCUT2D eigenvalue weighted by atomic mass is 16.6. The van der Waals surface area contributed by atoms with Crippen LogP contribution < -0.4 is 4.74 Å². The highest BCUT2D eigenvalue weighted by Crippen LogP contribution is 2.36. The third-order valence-corrected chi connectivity index (χ3v) is 5.91. The summed E-state index contributed by atoms with van der Waals surface area (Å²) in [4.78, 5) is 0. The van der Waals surface area contributed by atoms with Gasteiger partial charge in [0.15, 0.2) is 0 Å². The normalized spacial score (nSPS) is 12.2. The SMILES string of the molecule is CCOCCOCCOCCOCCOCCOCCOCCOCCOc1ccc(C(C)(C)CC(C)(C)C)cc1. The first-order valence-electron chi connectivity index (χ1n) is 15.1. The van der Waals surface area contributed by atoms with Gasteiger partial charge in [-0.1, -0.05) is 46.8 Å².